The monoisotopic (exact) mass is 250 g/mol. The van der Waals surface area contributed by atoms with E-state index in [1.54, 1.807) is 6.92 Å². The van der Waals surface area contributed by atoms with Gasteiger partial charge in [-0.2, -0.15) is 8.42 Å². The lowest BCUT2D eigenvalue weighted by molar-refractivity contribution is -0.161. The molecule has 1 saturated carbocycles. The van der Waals surface area contributed by atoms with Crippen LogP contribution < -0.4 is 0 Å². The summed E-state index contributed by atoms with van der Waals surface area (Å²) in [5, 5.41) is 0. The zero-order valence-electron chi connectivity index (χ0n) is 9.13. The van der Waals surface area contributed by atoms with Gasteiger partial charge in [0.15, 0.2) is 0 Å². The summed E-state index contributed by atoms with van der Waals surface area (Å²) >= 11 is 0. The van der Waals surface area contributed by atoms with Crippen LogP contribution in [0.25, 0.3) is 0 Å². The van der Waals surface area contributed by atoms with Gasteiger partial charge in [-0.3, -0.25) is 13.8 Å². The lowest BCUT2D eigenvalue weighted by atomic mass is 9.73. The number of hydrogen-bond donors (Lipinski definition) is 0. The van der Waals surface area contributed by atoms with E-state index in [-0.39, 0.29) is 25.4 Å². The van der Waals surface area contributed by atoms with Crippen LogP contribution in [0.3, 0.4) is 0 Å². The van der Waals surface area contributed by atoms with E-state index in [2.05, 4.69) is 4.18 Å². The third kappa shape index (κ3) is 3.28. The maximum Gasteiger partial charge on any atom is 0.310 e. The molecule has 1 aliphatic carbocycles. The predicted octanol–water partition coefficient (Wildman–Crippen LogP) is -0.269. The first-order valence-electron chi connectivity index (χ1n) is 4.89. The van der Waals surface area contributed by atoms with Gasteiger partial charge in [0.25, 0.3) is 10.1 Å². The van der Waals surface area contributed by atoms with Crippen molar-refractivity contribution in [3.05, 3.63) is 0 Å². The van der Waals surface area contributed by atoms with Gasteiger partial charge >= 0.3 is 5.97 Å². The number of ether oxygens (including phenoxy) is 1. The van der Waals surface area contributed by atoms with E-state index in [1.165, 1.54) is 0 Å². The third-order valence-corrected chi connectivity index (χ3v) is 2.94. The Labute approximate surface area is 94.0 Å². The molecule has 2 atom stereocenters. The average Bonchev–Trinajstić information content (AvgIpc) is 2.12. The van der Waals surface area contributed by atoms with Crippen LogP contribution in [0.15, 0.2) is 0 Å². The highest BCUT2D eigenvalue weighted by molar-refractivity contribution is 7.85. The van der Waals surface area contributed by atoms with Crippen molar-refractivity contribution in [2.45, 2.75) is 13.3 Å². The van der Waals surface area contributed by atoms with E-state index in [4.69, 9.17) is 4.74 Å². The molecule has 6 nitrogen and oxygen atoms in total. The number of rotatable bonds is 5. The molecular formula is C9H14O6S. The minimum Gasteiger partial charge on any atom is -0.466 e. The molecule has 0 amide bonds. The Hall–Kier alpha value is -0.950. The molecule has 0 aromatic heterocycles. The Morgan fingerprint density at radius 3 is 2.56 bits per heavy atom. The number of carbonyl (C=O) groups is 2. The molecule has 0 spiro atoms. The standard InChI is InChI=1S/C9H14O6S/c1-3-14-9(11)6-4-8(10)7(6)5-15-16(2,12)13/h6-7H,3-5H2,1-2H3/t6-,7+/m1/s1. The highest BCUT2D eigenvalue weighted by Gasteiger charge is 2.45. The van der Waals surface area contributed by atoms with Crippen LogP contribution in [0, 0.1) is 11.8 Å². The molecule has 0 aromatic carbocycles. The molecule has 0 aromatic rings. The second-order valence-electron chi connectivity index (χ2n) is 3.62. The van der Waals surface area contributed by atoms with E-state index in [1.807, 2.05) is 0 Å². The van der Waals surface area contributed by atoms with E-state index < -0.39 is 27.9 Å². The molecule has 0 radical (unpaired) electrons. The second-order valence-corrected chi connectivity index (χ2v) is 5.27. The molecule has 0 aliphatic heterocycles. The van der Waals surface area contributed by atoms with Crippen molar-refractivity contribution in [1.29, 1.82) is 0 Å². The number of ketones is 1. The summed E-state index contributed by atoms with van der Waals surface area (Å²) in [4.78, 5) is 22.5. The number of hydrogen-bond acceptors (Lipinski definition) is 6. The summed E-state index contributed by atoms with van der Waals surface area (Å²) in [6.45, 7) is 1.63. The van der Waals surface area contributed by atoms with Gasteiger partial charge in [-0.15, -0.1) is 0 Å². The topological polar surface area (TPSA) is 86.7 Å². The molecule has 16 heavy (non-hydrogen) atoms. The van der Waals surface area contributed by atoms with Gasteiger partial charge in [-0.1, -0.05) is 0 Å². The van der Waals surface area contributed by atoms with Crippen LogP contribution >= 0.6 is 0 Å². The summed E-state index contributed by atoms with van der Waals surface area (Å²) in [5.41, 5.74) is 0. The van der Waals surface area contributed by atoms with Crippen molar-refractivity contribution >= 4 is 21.9 Å². The molecule has 92 valence electrons. The van der Waals surface area contributed by atoms with Gasteiger partial charge in [-0.25, -0.2) is 0 Å². The van der Waals surface area contributed by atoms with Crippen molar-refractivity contribution in [2.24, 2.45) is 11.8 Å². The fraction of sp³-hybridized carbons (Fsp3) is 0.778. The van der Waals surface area contributed by atoms with Crippen LogP contribution in [0.5, 0.6) is 0 Å². The first-order chi connectivity index (χ1) is 7.35. The Morgan fingerprint density at radius 1 is 1.50 bits per heavy atom. The Kier molecular flexibility index (Phi) is 4.03. The predicted molar refractivity (Wildman–Crippen MR) is 54.0 cm³/mol. The van der Waals surface area contributed by atoms with Crippen LogP contribution in [-0.2, 0) is 28.6 Å². The molecule has 0 unspecified atom stereocenters. The van der Waals surface area contributed by atoms with E-state index in [0.29, 0.717) is 0 Å². The lowest BCUT2D eigenvalue weighted by Gasteiger charge is -2.32. The molecule has 7 heteroatoms. The molecule has 0 saturated heterocycles. The Bertz CT molecular complexity index is 385. The molecular weight excluding hydrogens is 236 g/mol. The van der Waals surface area contributed by atoms with Crippen molar-refractivity contribution in [3.8, 4) is 0 Å². The van der Waals surface area contributed by atoms with Crippen LogP contribution in [0.1, 0.15) is 13.3 Å². The van der Waals surface area contributed by atoms with Gasteiger partial charge in [0.2, 0.25) is 0 Å². The molecule has 1 aliphatic rings. The first-order valence-corrected chi connectivity index (χ1v) is 6.70. The minimum atomic E-state index is -3.58. The summed E-state index contributed by atoms with van der Waals surface area (Å²) in [5.74, 6) is -1.88. The van der Waals surface area contributed by atoms with Gasteiger partial charge in [0.1, 0.15) is 5.78 Å². The summed E-state index contributed by atoms with van der Waals surface area (Å²) in [6.07, 6.45) is 1.01. The van der Waals surface area contributed by atoms with E-state index in [9.17, 15) is 18.0 Å². The lowest BCUT2D eigenvalue weighted by Crippen LogP contribution is -2.45. The Balaban J connectivity index is 2.51. The summed E-state index contributed by atoms with van der Waals surface area (Å²) in [7, 11) is -3.58. The second kappa shape index (κ2) is 4.92. The molecule has 0 N–H and O–H groups in total. The molecule has 0 bridgehead atoms. The van der Waals surface area contributed by atoms with Gasteiger partial charge in [-0.05, 0) is 6.92 Å². The van der Waals surface area contributed by atoms with Gasteiger partial charge in [0.05, 0.1) is 31.3 Å². The van der Waals surface area contributed by atoms with Gasteiger partial charge in [0, 0.05) is 6.42 Å². The zero-order chi connectivity index (χ0) is 12.3. The minimum absolute atomic E-state index is 0.108. The van der Waals surface area contributed by atoms with Crippen molar-refractivity contribution in [2.75, 3.05) is 19.5 Å². The number of carbonyl (C=O) groups excluding carboxylic acids is 2. The summed E-state index contributed by atoms with van der Waals surface area (Å²) in [6, 6.07) is 0. The third-order valence-electron chi connectivity index (χ3n) is 2.37. The van der Waals surface area contributed by atoms with Crippen LogP contribution in [0.4, 0.5) is 0 Å². The first kappa shape index (κ1) is 13.1. The highest BCUT2D eigenvalue weighted by atomic mass is 32.2. The van der Waals surface area contributed by atoms with Crippen LogP contribution in [0.2, 0.25) is 0 Å². The number of Topliss-reactive ketones (excluding diaryl/α,β-unsaturated/α-hetero) is 1. The number of esters is 1. The molecule has 1 rings (SSSR count). The molecule has 1 fully saturated rings. The maximum atomic E-state index is 11.3. The van der Waals surface area contributed by atoms with Crippen molar-refractivity contribution in [1.82, 2.24) is 0 Å². The zero-order valence-corrected chi connectivity index (χ0v) is 9.95. The van der Waals surface area contributed by atoms with E-state index >= 15 is 0 Å². The average molecular weight is 250 g/mol. The van der Waals surface area contributed by atoms with Crippen LogP contribution in [-0.4, -0.2) is 39.6 Å². The smallest absolute Gasteiger partial charge is 0.310 e. The highest BCUT2D eigenvalue weighted by Crippen LogP contribution is 2.32. The Morgan fingerprint density at radius 2 is 2.12 bits per heavy atom. The fourth-order valence-corrected chi connectivity index (χ4v) is 1.87. The van der Waals surface area contributed by atoms with Crippen molar-refractivity contribution in [3.63, 3.8) is 0 Å². The SMILES string of the molecule is CCOC(=O)[C@@H]1CC(=O)[C@H]1COS(C)(=O)=O. The van der Waals surface area contributed by atoms with Crippen molar-refractivity contribution < 1.29 is 26.9 Å². The molecule has 0 heterocycles. The fourth-order valence-electron chi connectivity index (χ4n) is 1.48. The summed E-state index contributed by atoms with van der Waals surface area (Å²) < 4.78 is 30.7. The maximum absolute atomic E-state index is 11.3. The normalized spacial score (nSPS) is 25.0. The van der Waals surface area contributed by atoms with Gasteiger partial charge < -0.3 is 4.74 Å². The largest absolute Gasteiger partial charge is 0.466 e. The van der Waals surface area contributed by atoms with E-state index in [0.717, 1.165) is 6.26 Å². The quantitative estimate of drug-likeness (QED) is 0.493.